The molecular formula is C19H28N2O4. The van der Waals surface area contributed by atoms with Crippen LogP contribution in [0.5, 0.6) is 0 Å². The third kappa shape index (κ3) is 5.63. The molecule has 0 unspecified atom stereocenters. The van der Waals surface area contributed by atoms with Gasteiger partial charge in [0, 0.05) is 18.9 Å². The lowest BCUT2D eigenvalue weighted by atomic mass is 10.0. The lowest BCUT2D eigenvalue weighted by Gasteiger charge is -2.29. The summed E-state index contributed by atoms with van der Waals surface area (Å²) in [6, 6.07) is -1.16. The molecule has 0 aromatic heterocycles. The van der Waals surface area contributed by atoms with Crippen LogP contribution in [0.25, 0.3) is 0 Å². The molecule has 1 heterocycles. The number of carbonyl (C=O) groups excluding carboxylic acids is 3. The van der Waals surface area contributed by atoms with Gasteiger partial charge < -0.3 is 10.1 Å². The van der Waals surface area contributed by atoms with Gasteiger partial charge in [-0.15, -0.1) is 12.3 Å². The largest absolute Gasteiger partial charge is 0.499 e. The van der Waals surface area contributed by atoms with Crippen LogP contribution in [0, 0.1) is 18.3 Å². The fourth-order valence-electron chi connectivity index (χ4n) is 2.86. The third-order valence-electron chi connectivity index (χ3n) is 4.02. The fourth-order valence-corrected chi connectivity index (χ4v) is 2.86. The van der Waals surface area contributed by atoms with E-state index in [1.807, 2.05) is 20.8 Å². The van der Waals surface area contributed by atoms with Gasteiger partial charge >= 0.3 is 0 Å². The predicted molar refractivity (Wildman–Crippen MR) is 95.1 cm³/mol. The van der Waals surface area contributed by atoms with E-state index in [2.05, 4.69) is 11.2 Å². The lowest BCUT2D eigenvalue weighted by molar-refractivity contribution is -0.146. The van der Waals surface area contributed by atoms with Crippen molar-refractivity contribution in [1.82, 2.24) is 10.2 Å². The molecule has 0 saturated carbocycles. The molecule has 1 aliphatic rings. The summed E-state index contributed by atoms with van der Waals surface area (Å²) in [5, 5.41) is 2.71. The summed E-state index contributed by atoms with van der Waals surface area (Å²) in [6.45, 7) is 5.96. The third-order valence-corrected chi connectivity index (χ3v) is 4.02. The van der Waals surface area contributed by atoms with E-state index < -0.39 is 23.9 Å². The van der Waals surface area contributed by atoms with Crippen molar-refractivity contribution >= 4 is 17.7 Å². The molecule has 0 aromatic rings. The molecule has 0 saturated heterocycles. The van der Waals surface area contributed by atoms with Gasteiger partial charge in [0.05, 0.1) is 13.2 Å². The molecule has 1 N–H and O–H groups in total. The molecule has 0 fully saturated rings. The molecule has 0 radical (unpaired) electrons. The van der Waals surface area contributed by atoms with Crippen molar-refractivity contribution in [2.75, 3.05) is 7.11 Å². The van der Waals surface area contributed by atoms with Gasteiger partial charge in [-0.1, -0.05) is 27.2 Å². The smallest absolute Gasteiger partial charge is 0.257 e. The highest BCUT2D eigenvalue weighted by molar-refractivity contribution is 6.06. The van der Waals surface area contributed by atoms with E-state index in [0.29, 0.717) is 31.4 Å². The second kappa shape index (κ2) is 9.87. The van der Waals surface area contributed by atoms with Crippen molar-refractivity contribution in [3.05, 3.63) is 11.8 Å². The fraction of sp³-hybridized carbons (Fsp3) is 0.632. The molecule has 0 aromatic carbocycles. The first-order valence-electron chi connectivity index (χ1n) is 8.71. The van der Waals surface area contributed by atoms with E-state index in [1.165, 1.54) is 18.1 Å². The Hall–Kier alpha value is -2.29. The Morgan fingerprint density at radius 3 is 2.64 bits per heavy atom. The highest BCUT2D eigenvalue weighted by Crippen LogP contribution is 2.27. The number of rotatable bonds is 9. The van der Waals surface area contributed by atoms with Crippen molar-refractivity contribution in [2.45, 2.75) is 65.0 Å². The maximum absolute atomic E-state index is 13.0. The van der Waals surface area contributed by atoms with Gasteiger partial charge in [-0.25, -0.2) is 0 Å². The van der Waals surface area contributed by atoms with Crippen molar-refractivity contribution in [1.29, 1.82) is 0 Å². The van der Waals surface area contributed by atoms with Crippen LogP contribution in [0.3, 0.4) is 0 Å². The Bertz CT molecular complexity index is 574. The molecule has 0 bridgehead atoms. The molecule has 6 heteroatoms. The monoisotopic (exact) mass is 348 g/mol. The summed E-state index contributed by atoms with van der Waals surface area (Å²) in [6.07, 6.45) is 8.77. The molecule has 1 aliphatic heterocycles. The summed E-state index contributed by atoms with van der Waals surface area (Å²) < 4.78 is 5.29. The van der Waals surface area contributed by atoms with E-state index in [4.69, 9.17) is 11.2 Å². The number of ether oxygens (including phenoxy) is 1. The highest BCUT2D eigenvalue weighted by Gasteiger charge is 2.41. The minimum Gasteiger partial charge on any atom is -0.499 e. The zero-order valence-electron chi connectivity index (χ0n) is 15.5. The molecule has 1 rings (SSSR count). The molecule has 0 spiro atoms. The van der Waals surface area contributed by atoms with Gasteiger partial charge in [-0.2, -0.15) is 0 Å². The predicted octanol–water partition coefficient (Wildman–Crippen LogP) is 2.00. The SMILES string of the molecule is C#CCCC(=O)N[C@@H](CCC)C(=O)N1C(=O)C=C(OC)[C@@H]1CC(C)C. The van der Waals surface area contributed by atoms with E-state index in [1.54, 1.807) is 0 Å². The van der Waals surface area contributed by atoms with Crippen LogP contribution in [0.2, 0.25) is 0 Å². The normalized spacial score (nSPS) is 17.9. The summed E-state index contributed by atoms with van der Waals surface area (Å²) in [5.41, 5.74) is 0. The van der Waals surface area contributed by atoms with Gasteiger partial charge in [0.2, 0.25) is 5.91 Å². The summed E-state index contributed by atoms with van der Waals surface area (Å²) in [5.74, 6) is 2.10. The topological polar surface area (TPSA) is 75.7 Å². The maximum atomic E-state index is 13.0. The highest BCUT2D eigenvalue weighted by atomic mass is 16.5. The Morgan fingerprint density at radius 2 is 2.12 bits per heavy atom. The van der Waals surface area contributed by atoms with Gasteiger partial charge in [0.25, 0.3) is 11.8 Å². The van der Waals surface area contributed by atoms with Crippen LogP contribution >= 0.6 is 0 Å². The van der Waals surface area contributed by atoms with E-state index in [-0.39, 0.29) is 18.2 Å². The number of nitrogens with zero attached hydrogens (tertiary/aromatic N) is 1. The lowest BCUT2D eigenvalue weighted by Crippen LogP contribution is -2.52. The maximum Gasteiger partial charge on any atom is 0.257 e. The molecule has 6 nitrogen and oxygen atoms in total. The molecule has 2 atom stereocenters. The standard InChI is InChI=1S/C19H28N2O4/c1-6-8-10-17(22)20-14(9-7-2)19(24)21-15(11-13(3)4)16(25-5)12-18(21)23/h1,12-15H,7-11H2,2-5H3,(H,20,22)/t14-,15-/m0/s1. The number of nitrogens with one attached hydrogen (secondary N) is 1. The van der Waals surface area contributed by atoms with Crippen molar-refractivity contribution in [2.24, 2.45) is 5.92 Å². The van der Waals surface area contributed by atoms with Crippen molar-refractivity contribution < 1.29 is 19.1 Å². The second-order valence-corrected chi connectivity index (χ2v) is 6.56. The average Bonchev–Trinajstić information content (AvgIpc) is 2.86. The van der Waals surface area contributed by atoms with Crippen molar-refractivity contribution in [3.63, 3.8) is 0 Å². The summed E-state index contributed by atoms with van der Waals surface area (Å²) >= 11 is 0. The van der Waals surface area contributed by atoms with Crippen LogP contribution in [0.1, 0.15) is 52.9 Å². The van der Waals surface area contributed by atoms with E-state index in [0.717, 1.165) is 0 Å². The van der Waals surface area contributed by atoms with E-state index in [9.17, 15) is 14.4 Å². The number of hydrogen-bond acceptors (Lipinski definition) is 4. The minimum atomic E-state index is -0.738. The Balaban J connectivity index is 2.95. The number of imide groups is 1. The minimum absolute atomic E-state index is 0.162. The van der Waals surface area contributed by atoms with Crippen LogP contribution in [0.15, 0.2) is 11.8 Å². The first kappa shape index (κ1) is 20.8. The molecular weight excluding hydrogens is 320 g/mol. The average molecular weight is 348 g/mol. The quantitative estimate of drug-likeness (QED) is 0.647. The molecule has 0 aliphatic carbocycles. The Labute approximate surface area is 150 Å². The van der Waals surface area contributed by atoms with Gasteiger partial charge in [0.15, 0.2) is 0 Å². The first-order chi connectivity index (χ1) is 11.8. The molecule has 25 heavy (non-hydrogen) atoms. The number of carbonyl (C=O) groups is 3. The van der Waals surface area contributed by atoms with Crippen LogP contribution in [-0.4, -0.2) is 41.8 Å². The van der Waals surface area contributed by atoms with Gasteiger partial charge in [-0.3, -0.25) is 19.3 Å². The van der Waals surface area contributed by atoms with Crippen LogP contribution in [0.4, 0.5) is 0 Å². The second-order valence-electron chi connectivity index (χ2n) is 6.56. The van der Waals surface area contributed by atoms with E-state index >= 15 is 0 Å². The molecule has 3 amide bonds. The number of methoxy groups -OCH3 is 1. The van der Waals surface area contributed by atoms with Crippen LogP contribution in [-0.2, 0) is 19.1 Å². The van der Waals surface area contributed by atoms with Gasteiger partial charge in [-0.05, 0) is 18.8 Å². The summed E-state index contributed by atoms with van der Waals surface area (Å²) in [4.78, 5) is 38.5. The number of hydrogen-bond donors (Lipinski definition) is 1. The number of amides is 3. The van der Waals surface area contributed by atoms with Gasteiger partial charge in [0.1, 0.15) is 11.8 Å². The van der Waals surface area contributed by atoms with Crippen LogP contribution < -0.4 is 5.32 Å². The Morgan fingerprint density at radius 1 is 1.44 bits per heavy atom. The number of terminal acetylenes is 1. The zero-order valence-corrected chi connectivity index (χ0v) is 15.5. The van der Waals surface area contributed by atoms with Crippen molar-refractivity contribution in [3.8, 4) is 12.3 Å². The zero-order chi connectivity index (χ0) is 19.0. The first-order valence-corrected chi connectivity index (χ1v) is 8.71. The summed E-state index contributed by atoms with van der Waals surface area (Å²) in [7, 11) is 1.49. The molecule has 138 valence electrons. The Kier molecular flexibility index (Phi) is 8.20.